The summed E-state index contributed by atoms with van der Waals surface area (Å²) in [7, 11) is -1.03. The number of nitrogens with zero attached hydrogens (tertiary/aromatic N) is 2. The number of hydrogen-bond donors (Lipinski definition) is 1. The second kappa shape index (κ2) is 6.60. The van der Waals surface area contributed by atoms with Gasteiger partial charge in [0.1, 0.15) is 5.65 Å². The third-order valence-electron chi connectivity index (χ3n) is 3.31. The Kier molecular flexibility index (Phi) is 4.57. The second-order valence-corrected chi connectivity index (χ2v) is 6.94. The summed E-state index contributed by atoms with van der Waals surface area (Å²) in [6, 6.07) is 11.1. The number of benzene rings is 1. The molecule has 3 aromatic rings. The van der Waals surface area contributed by atoms with Gasteiger partial charge in [-0.15, -0.1) is 0 Å². The van der Waals surface area contributed by atoms with Crippen LogP contribution in [-0.4, -0.2) is 18.7 Å². The van der Waals surface area contributed by atoms with Gasteiger partial charge in [0.25, 0.3) is 0 Å². The number of fused-ring (bicyclic) bond motifs is 1. The molecule has 0 spiro atoms. The zero-order valence-corrected chi connectivity index (χ0v) is 13.3. The van der Waals surface area contributed by atoms with Crippen LogP contribution in [-0.2, 0) is 28.9 Å². The molecule has 1 N–H and O–H groups in total. The Balaban J connectivity index is 1.69. The predicted octanol–water partition coefficient (Wildman–Crippen LogP) is 2.93. The molecule has 0 radical (unpaired) electrons. The number of hydrogen-bond acceptors (Lipinski definition) is 3. The summed E-state index contributed by atoms with van der Waals surface area (Å²) in [6.45, 7) is 0.0210. The molecule has 2 aromatic heterocycles. The minimum atomic E-state index is -1.03. The average molecular weight is 335 g/mol. The number of aromatic nitrogens is 2. The van der Waals surface area contributed by atoms with E-state index in [9.17, 15) is 4.21 Å². The highest BCUT2D eigenvalue weighted by atomic mass is 35.5. The lowest BCUT2D eigenvalue weighted by Crippen LogP contribution is -2.00. The first kappa shape index (κ1) is 15.2. The molecular weight excluding hydrogens is 320 g/mol. The van der Waals surface area contributed by atoms with E-state index in [2.05, 4.69) is 4.98 Å². The van der Waals surface area contributed by atoms with Gasteiger partial charge in [-0.05, 0) is 23.3 Å². The van der Waals surface area contributed by atoms with Gasteiger partial charge in [0.05, 0.1) is 23.1 Å². The number of pyridine rings is 1. The monoisotopic (exact) mass is 334 g/mol. The van der Waals surface area contributed by atoms with Crippen molar-refractivity contribution in [2.75, 3.05) is 0 Å². The quantitative estimate of drug-likeness (QED) is 0.780. The molecule has 4 nitrogen and oxygen atoms in total. The maximum absolute atomic E-state index is 12.3. The normalized spacial score (nSPS) is 12.6. The minimum absolute atomic E-state index is 0.0210. The molecule has 0 saturated carbocycles. The molecule has 114 valence electrons. The van der Waals surface area contributed by atoms with Crippen LogP contribution < -0.4 is 0 Å². The van der Waals surface area contributed by atoms with Gasteiger partial charge < -0.3 is 9.51 Å². The smallest absolute Gasteiger partial charge is 0.137 e. The largest absolute Gasteiger partial charge is 0.392 e. The molecule has 0 bridgehead atoms. The third-order valence-corrected chi connectivity index (χ3v) is 4.80. The Morgan fingerprint density at radius 1 is 1.05 bits per heavy atom. The van der Waals surface area contributed by atoms with Crippen LogP contribution in [0.25, 0.3) is 5.65 Å². The molecule has 3 rings (SSSR count). The van der Waals surface area contributed by atoms with Gasteiger partial charge in [0.2, 0.25) is 0 Å². The molecule has 0 aliphatic rings. The molecule has 6 heteroatoms. The summed E-state index contributed by atoms with van der Waals surface area (Å²) in [6.07, 6.45) is 3.64. The van der Waals surface area contributed by atoms with Crippen molar-refractivity contribution < 1.29 is 9.32 Å². The average Bonchev–Trinajstić information content (AvgIpc) is 2.89. The third kappa shape index (κ3) is 3.55. The van der Waals surface area contributed by atoms with Gasteiger partial charge in [-0.1, -0.05) is 35.9 Å². The lowest BCUT2D eigenvalue weighted by atomic mass is 10.2. The highest BCUT2D eigenvalue weighted by Gasteiger charge is 2.08. The van der Waals surface area contributed by atoms with Gasteiger partial charge in [0, 0.05) is 28.9 Å². The van der Waals surface area contributed by atoms with Crippen LogP contribution >= 0.6 is 11.6 Å². The van der Waals surface area contributed by atoms with Gasteiger partial charge in [0.15, 0.2) is 0 Å². The van der Waals surface area contributed by atoms with Crippen molar-refractivity contribution >= 4 is 28.0 Å². The van der Waals surface area contributed by atoms with E-state index in [4.69, 9.17) is 16.7 Å². The van der Waals surface area contributed by atoms with E-state index in [0.29, 0.717) is 16.5 Å². The fourth-order valence-electron chi connectivity index (χ4n) is 2.23. The molecule has 1 unspecified atom stereocenters. The van der Waals surface area contributed by atoms with Crippen molar-refractivity contribution in [3.8, 4) is 0 Å². The summed E-state index contributed by atoms with van der Waals surface area (Å²) >= 11 is 5.94. The number of aliphatic hydroxyl groups excluding tert-OH is 1. The molecule has 1 aromatic carbocycles. The highest BCUT2D eigenvalue weighted by Crippen LogP contribution is 2.14. The van der Waals surface area contributed by atoms with Crippen LogP contribution in [0.5, 0.6) is 0 Å². The van der Waals surface area contributed by atoms with Crippen LogP contribution in [0.3, 0.4) is 0 Å². The van der Waals surface area contributed by atoms with E-state index in [1.54, 1.807) is 12.3 Å². The Bertz CT molecular complexity index is 815. The van der Waals surface area contributed by atoms with Gasteiger partial charge in [-0.3, -0.25) is 4.21 Å². The summed E-state index contributed by atoms with van der Waals surface area (Å²) in [4.78, 5) is 4.44. The van der Waals surface area contributed by atoms with Crippen LogP contribution in [0, 0.1) is 0 Å². The fourth-order valence-corrected chi connectivity index (χ4v) is 3.53. The van der Waals surface area contributed by atoms with Crippen molar-refractivity contribution in [2.24, 2.45) is 0 Å². The number of aliphatic hydroxyl groups is 1. The highest BCUT2D eigenvalue weighted by molar-refractivity contribution is 7.83. The maximum Gasteiger partial charge on any atom is 0.137 e. The summed E-state index contributed by atoms with van der Waals surface area (Å²) < 4.78 is 14.1. The molecule has 0 saturated heterocycles. The van der Waals surface area contributed by atoms with Crippen LogP contribution in [0.2, 0.25) is 5.02 Å². The summed E-state index contributed by atoms with van der Waals surface area (Å²) in [5, 5.41) is 9.65. The lowest BCUT2D eigenvalue weighted by Gasteiger charge is -2.02. The summed E-state index contributed by atoms with van der Waals surface area (Å²) in [5.74, 6) is 0.876. The zero-order chi connectivity index (χ0) is 15.5. The standard InChI is InChI=1S/C16H15ClN2O2S/c17-14-5-6-16-18-15(8-19(16)7-14)11-22(21)10-13-3-1-12(9-20)2-4-13/h1-8,20H,9-11H2. The Hall–Kier alpha value is -1.69. The van der Waals surface area contributed by atoms with Crippen molar-refractivity contribution in [2.45, 2.75) is 18.1 Å². The van der Waals surface area contributed by atoms with E-state index < -0.39 is 10.8 Å². The molecule has 22 heavy (non-hydrogen) atoms. The van der Waals surface area contributed by atoms with Crippen molar-refractivity contribution in [1.29, 1.82) is 0 Å². The molecule has 0 amide bonds. The van der Waals surface area contributed by atoms with E-state index in [-0.39, 0.29) is 6.61 Å². The topological polar surface area (TPSA) is 54.6 Å². The van der Waals surface area contributed by atoms with Gasteiger partial charge in [-0.25, -0.2) is 4.98 Å². The SMILES string of the molecule is O=S(Cc1ccc(CO)cc1)Cc1cn2cc(Cl)ccc2n1. The van der Waals surface area contributed by atoms with Crippen LogP contribution in [0.1, 0.15) is 16.8 Å². The van der Waals surface area contributed by atoms with Crippen LogP contribution in [0.4, 0.5) is 0 Å². The maximum atomic E-state index is 12.3. The molecule has 0 aliphatic heterocycles. The van der Waals surface area contributed by atoms with Crippen molar-refractivity contribution in [3.05, 3.63) is 70.6 Å². The first-order valence-corrected chi connectivity index (χ1v) is 8.67. The Morgan fingerprint density at radius 2 is 1.77 bits per heavy atom. The molecule has 1 atom stereocenters. The van der Waals surface area contributed by atoms with E-state index in [1.165, 1.54) is 0 Å². The summed E-state index contributed by atoms with van der Waals surface area (Å²) in [5.41, 5.74) is 3.42. The zero-order valence-electron chi connectivity index (χ0n) is 11.8. The fraction of sp³-hybridized carbons (Fsp3) is 0.188. The molecule has 2 heterocycles. The van der Waals surface area contributed by atoms with Crippen molar-refractivity contribution in [1.82, 2.24) is 9.38 Å². The predicted molar refractivity (Wildman–Crippen MR) is 88.1 cm³/mol. The van der Waals surface area contributed by atoms with E-state index in [0.717, 1.165) is 22.5 Å². The molecule has 0 fully saturated rings. The number of rotatable bonds is 5. The number of imidazole rings is 1. The van der Waals surface area contributed by atoms with Crippen LogP contribution in [0.15, 0.2) is 48.8 Å². The second-order valence-electron chi connectivity index (χ2n) is 5.05. The number of halogens is 1. The first-order valence-electron chi connectivity index (χ1n) is 6.81. The van der Waals surface area contributed by atoms with Crippen molar-refractivity contribution in [3.63, 3.8) is 0 Å². The first-order chi connectivity index (χ1) is 10.6. The molecule has 0 aliphatic carbocycles. The van der Waals surface area contributed by atoms with Gasteiger partial charge in [-0.2, -0.15) is 0 Å². The lowest BCUT2D eigenvalue weighted by molar-refractivity contribution is 0.282. The van der Waals surface area contributed by atoms with E-state index >= 15 is 0 Å². The Morgan fingerprint density at radius 3 is 2.50 bits per heavy atom. The van der Waals surface area contributed by atoms with E-state index in [1.807, 2.05) is 40.9 Å². The minimum Gasteiger partial charge on any atom is -0.392 e. The van der Waals surface area contributed by atoms with Gasteiger partial charge >= 0.3 is 0 Å². The molecular formula is C16H15ClN2O2S. The Labute approximate surface area is 135 Å².